The van der Waals surface area contributed by atoms with Gasteiger partial charge in [-0.1, -0.05) is 18.2 Å². The maximum Gasteiger partial charge on any atom is 0.328 e. The van der Waals surface area contributed by atoms with E-state index in [2.05, 4.69) is 47.0 Å². The van der Waals surface area contributed by atoms with E-state index >= 15 is 0 Å². The van der Waals surface area contributed by atoms with Crippen LogP contribution in [0.1, 0.15) is 25.7 Å². The van der Waals surface area contributed by atoms with Gasteiger partial charge in [0.25, 0.3) is 0 Å². The van der Waals surface area contributed by atoms with Crippen LogP contribution in [-0.4, -0.2) is 63.3 Å². The molecule has 0 atom stereocenters. The Labute approximate surface area is 186 Å². The minimum atomic E-state index is -1.26. The lowest BCUT2D eigenvalue weighted by molar-refractivity contribution is -0.134. The highest BCUT2D eigenvalue weighted by molar-refractivity contribution is 7.99. The van der Waals surface area contributed by atoms with E-state index in [1.165, 1.54) is 54.0 Å². The Balaban J connectivity index is 0.000000293. The number of nitrogens with zero attached hydrogens (tertiary/aromatic N) is 3. The van der Waals surface area contributed by atoms with Crippen LogP contribution >= 0.6 is 11.8 Å². The van der Waals surface area contributed by atoms with Crippen molar-refractivity contribution in [1.82, 2.24) is 9.47 Å². The van der Waals surface area contributed by atoms with Crippen molar-refractivity contribution in [1.29, 1.82) is 0 Å². The van der Waals surface area contributed by atoms with Crippen LogP contribution in [0.5, 0.6) is 0 Å². The monoisotopic (exact) mass is 443 g/mol. The fourth-order valence-electron chi connectivity index (χ4n) is 3.52. The first-order valence-electron chi connectivity index (χ1n) is 10.5. The first-order valence-corrected chi connectivity index (χ1v) is 11.5. The van der Waals surface area contributed by atoms with Crippen LogP contribution in [0.2, 0.25) is 0 Å². The molecule has 0 spiro atoms. The molecule has 31 heavy (non-hydrogen) atoms. The summed E-state index contributed by atoms with van der Waals surface area (Å²) in [5, 5.41) is 17.0. The topological polar surface area (TPSA) is 95.1 Å². The Hall–Kier alpha value is -2.74. The molecule has 0 radical (unpaired) electrons. The highest BCUT2D eigenvalue weighted by Gasteiger charge is 2.22. The summed E-state index contributed by atoms with van der Waals surface area (Å²) in [7, 11) is 2.16. The van der Waals surface area contributed by atoms with Crippen molar-refractivity contribution in [3.05, 3.63) is 42.6 Å². The summed E-state index contributed by atoms with van der Waals surface area (Å²) >= 11 is 1.96. The lowest BCUT2D eigenvalue weighted by Crippen LogP contribution is -2.19. The maximum atomic E-state index is 9.55. The number of aliphatic carboxylic acids is 2. The van der Waals surface area contributed by atoms with Gasteiger partial charge in [-0.15, -0.1) is 11.8 Å². The van der Waals surface area contributed by atoms with Gasteiger partial charge in [0.05, 0.1) is 12.4 Å². The highest BCUT2D eigenvalue weighted by Crippen LogP contribution is 2.35. The lowest BCUT2D eigenvalue weighted by atomic mass is 10.2. The molecule has 1 aromatic heterocycles. The molecule has 1 saturated carbocycles. The summed E-state index contributed by atoms with van der Waals surface area (Å²) in [5.74, 6) is 0.754. The van der Waals surface area contributed by atoms with Crippen LogP contribution in [0.3, 0.4) is 0 Å². The molecule has 1 aromatic carbocycles. The van der Waals surface area contributed by atoms with Crippen molar-refractivity contribution in [2.24, 2.45) is 10.9 Å². The zero-order chi connectivity index (χ0) is 22.2. The Kier molecular flexibility index (Phi) is 8.17. The van der Waals surface area contributed by atoms with Gasteiger partial charge in [0.1, 0.15) is 0 Å². The molecule has 2 heterocycles. The quantitative estimate of drug-likeness (QED) is 0.364. The van der Waals surface area contributed by atoms with Gasteiger partial charge in [-0.2, -0.15) is 0 Å². The second kappa shape index (κ2) is 11.0. The van der Waals surface area contributed by atoms with Crippen molar-refractivity contribution in [2.75, 3.05) is 25.9 Å². The van der Waals surface area contributed by atoms with Gasteiger partial charge >= 0.3 is 11.9 Å². The zero-order valence-electron chi connectivity index (χ0n) is 17.7. The molecule has 1 aliphatic heterocycles. The molecule has 2 aliphatic rings. The number of carbonyl (C=O) groups is 2. The molecule has 7 nitrogen and oxygen atoms in total. The lowest BCUT2D eigenvalue weighted by Gasteiger charge is -2.10. The average molecular weight is 444 g/mol. The number of para-hydroxylation sites is 1. The summed E-state index contributed by atoms with van der Waals surface area (Å²) in [6.07, 6.45) is 8.70. The zero-order valence-corrected chi connectivity index (χ0v) is 18.6. The van der Waals surface area contributed by atoms with E-state index in [1.807, 2.05) is 11.8 Å². The van der Waals surface area contributed by atoms with E-state index in [1.54, 1.807) is 0 Å². The van der Waals surface area contributed by atoms with Crippen molar-refractivity contribution in [3.8, 4) is 0 Å². The second-order valence-electron chi connectivity index (χ2n) is 7.79. The summed E-state index contributed by atoms with van der Waals surface area (Å²) in [6, 6.07) is 8.83. The summed E-state index contributed by atoms with van der Waals surface area (Å²) in [5.41, 5.74) is 1.39. The van der Waals surface area contributed by atoms with E-state index in [0.29, 0.717) is 12.2 Å². The molecule has 2 fully saturated rings. The number of carboxylic acids is 2. The molecule has 4 rings (SSSR count). The molecule has 2 aromatic rings. The molecule has 2 N–H and O–H groups in total. The summed E-state index contributed by atoms with van der Waals surface area (Å²) in [4.78, 5) is 27.6. The van der Waals surface area contributed by atoms with Crippen molar-refractivity contribution in [2.45, 2.75) is 37.1 Å². The fraction of sp³-hybridized carbons (Fsp3) is 0.435. The van der Waals surface area contributed by atoms with Gasteiger partial charge in [0, 0.05) is 66.5 Å². The second-order valence-corrected chi connectivity index (χ2v) is 8.92. The molecule has 0 unspecified atom stereocenters. The first-order chi connectivity index (χ1) is 14.9. The van der Waals surface area contributed by atoms with E-state index in [0.717, 1.165) is 24.6 Å². The maximum absolute atomic E-state index is 9.55. The van der Waals surface area contributed by atoms with Crippen LogP contribution in [0.15, 0.2) is 52.5 Å². The van der Waals surface area contributed by atoms with Gasteiger partial charge < -0.3 is 19.7 Å². The van der Waals surface area contributed by atoms with Crippen LogP contribution < -0.4 is 0 Å². The van der Waals surface area contributed by atoms with Crippen LogP contribution in [-0.2, 0) is 16.1 Å². The molecule has 0 amide bonds. The Bertz CT molecular complexity index is 962. The fourth-order valence-corrected chi connectivity index (χ4v) is 4.46. The van der Waals surface area contributed by atoms with Crippen molar-refractivity contribution in [3.63, 3.8) is 0 Å². The molecule has 0 bridgehead atoms. The Morgan fingerprint density at radius 3 is 2.52 bits per heavy atom. The first kappa shape index (κ1) is 22.9. The summed E-state index contributed by atoms with van der Waals surface area (Å²) in [6.45, 7) is 3.28. The largest absolute Gasteiger partial charge is 0.478 e. The van der Waals surface area contributed by atoms with E-state index in [-0.39, 0.29) is 0 Å². The number of fused-ring (bicyclic) bond motifs is 1. The Morgan fingerprint density at radius 1 is 1.19 bits per heavy atom. The molecule has 166 valence electrons. The minimum Gasteiger partial charge on any atom is -0.478 e. The predicted molar refractivity (Wildman–Crippen MR) is 124 cm³/mol. The third-order valence-electron chi connectivity index (χ3n) is 5.25. The third-order valence-corrected chi connectivity index (χ3v) is 6.27. The minimum absolute atomic E-state index is 0.558. The number of hydrogen-bond acceptors (Lipinski definition) is 4. The number of rotatable bonds is 8. The van der Waals surface area contributed by atoms with E-state index in [4.69, 9.17) is 15.2 Å². The number of likely N-dealkylation sites (tertiary alicyclic amines) is 1. The molecular formula is C23H29N3O4S. The van der Waals surface area contributed by atoms with E-state index in [9.17, 15) is 9.59 Å². The smallest absolute Gasteiger partial charge is 0.328 e. The number of thioether (sulfide) groups is 1. The van der Waals surface area contributed by atoms with Crippen LogP contribution in [0.25, 0.3) is 10.9 Å². The van der Waals surface area contributed by atoms with Gasteiger partial charge in [0.15, 0.2) is 0 Å². The summed E-state index contributed by atoms with van der Waals surface area (Å²) < 4.78 is 2.46. The van der Waals surface area contributed by atoms with Gasteiger partial charge in [-0.05, 0) is 31.2 Å². The Morgan fingerprint density at radius 2 is 1.90 bits per heavy atom. The van der Waals surface area contributed by atoms with Gasteiger partial charge in [0.2, 0.25) is 0 Å². The number of aromatic nitrogens is 1. The average Bonchev–Trinajstić information content (AvgIpc) is 3.37. The molecule has 8 heteroatoms. The molecular weight excluding hydrogens is 414 g/mol. The number of hydrogen-bond donors (Lipinski definition) is 2. The normalized spacial score (nSPS) is 17.3. The van der Waals surface area contributed by atoms with Gasteiger partial charge in [-0.25, -0.2) is 9.59 Å². The van der Waals surface area contributed by atoms with Crippen LogP contribution in [0, 0.1) is 5.92 Å². The number of amidine groups is 1. The van der Waals surface area contributed by atoms with E-state index < -0.39 is 11.9 Å². The molecule has 1 saturated heterocycles. The third kappa shape index (κ3) is 7.17. The number of benzene rings is 1. The number of carboxylic acid groups (broad SMARTS) is 2. The van der Waals surface area contributed by atoms with Crippen LogP contribution in [0.4, 0.5) is 0 Å². The highest BCUT2D eigenvalue weighted by atomic mass is 32.2. The van der Waals surface area contributed by atoms with Crippen molar-refractivity contribution >= 4 is 40.4 Å². The van der Waals surface area contributed by atoms with Crippen molar-refractivity contribution < 1.29 is 19.8 Å². The predicted octanol–water partition coefficient (Wildman–Crippen LogP) is 3.98. The number of aliphatic imine (C=N–C) groups is 1. The standard InChI is InChI=1S/C19H25N3S.C4H4O4/c1-21-11-4-7-19(21)20-10-12-23-18-14-22(13-15-8-9-15)17-6-3-2-5-16(17)18;5-3(6)1-2-4(7)8/h2-3,5-6,14-15H,4,7-13H2,1H3;1-2H,(H,5,6)(H,7,8)/b;2-1+. The molecule has 1 aliphatic carbocycles. The SMILES string of the molecule is CN1CCCC1=NCCSc1cn(CC2CC2)c2ccccc12.O=C(O)/C=C/C(=O)O. The van der Waals surface area contributed by atoms with Gasteiger partial charge in [-0.3, -0.25) is 4.99 Å².